The highest BCUT2D eigenvalue weighted by Crippen LogP contribution is 2.09. The molecule has 4 nitrogen and oxygen atoms in total. The lowest BCUT2D eigenvalue weighted by Crippen LogP contribution is -2.42. The molecule has 0 spiro atoms. The molecule has 1 aromatic heterocycles. The Balaban J connectivity index is 2.77. The number of carbonyl (C=O) groups excluding carboxylic acids is 1. The van der Waals surface area contributed by atoms with Gasteiger partial charge in [-0.05, 0) is 32.9 Å². The first-order valence-electron chi connectivity index (χ1n) is 5.79. The van der Waals surface area contributed by atoms with Crippen LogP contribution in [0.25, 0.3) is 0 Å². The highest BCUT2D eigenvalue weighted by Gasteiger charge is 2.22. The Labute approximate surface area is 103 Å². The fourth-order valence-corrected chi connectivity index (χ4v) is 1.52. The molecule has 1 unspecified atom stereocenters. The van der Waals surface area contributed by atoms with Gasteiger partial charge in [0.1, 0.15) is 6.10 Å². The van der Waals surface area contributed by atoms with E-state index < -0.39 is 6.10 Å². The molecule has 0 fully saturated rings. The predicted molar refractivity (Wildman–Crippen MR) is 66.4 cm³/mol. The molecule has 1 aromatic rings. The van der Waals surface area contributed by atoms with E-state index in [1.165, 1.54) is 0 Å². The molecule has 0 aliphatic rings. The van der Waals surface area contributed by atoms with Crippen LogP contribution in [0, 0.1) is 0 Å². The van der Waals surface area contributed by atoms with E-state index in [0.717, 1.165) is 5.69 Å². The largest absolute Gasteiger partial charge is 0.372 e. The molecule has 1 amide bonds. The highest BCUT2D eigenvalue weighted by atomic mass is 16.5. The monoisotopic (exact) mass is 236 g/mol. The third-order valence-electron chi connectivity index (χ3n) is 2.67. The lowest BCUT2D eigenvalue weighted by Gasteiger charge is -2.28. The van der Waals surface area contributed by atoms with Gasteiger partial charge in [-0.25, -0.2) is 0 Å². The Hall–Kier alpha value is -1.42. The van der Waals surface area contributed by atoms with Crippen LogP contribution in [0.2, 0.25) is 0 Å². The number of nitrogens with zero attached hydrogens (tertiary/aromatic N) is 2. The number of pyridine rings is 1. The van der Waals surface area contributed by atoms with Crippen molar-refractivity contribution in [3.63, 3.8) is 0 Å². The van der Waals surface area contributed by atoms with Crippen molar-refractivity contribution in [3.8, 4) is 0 Å². The van der Waals surface area contributed by atoms with Crippen LogP contribution in [0.4, 0.5) is 0 Å². The van der Waals surface area contributed by atoms with Crippen LogP contribution in [0.5, 0.6) is 0 Å². The minimum atomic E-state index is -0.416. The molecule has 0 aliphatic heterocycles. The van der Waals surface area contributed by atoms with E-state index in [0.29, 0.717) is 6.54 Å². The average Bonchev–Trinajstić information content (AvgIpc) is 2.35. The highest BCUT2D eigenvalue weighted by molar-refractivity contribution is 5.80. The molecular formula is C13H20N2O2. The van der Waals surface area contributed by atoms with Gasteiger partial charge in [-0.3, -0.25) is 9.78 Å². The molecule has 17 heavy (non-hydrogen) atoms. The summed E-state index contributed by atoms with van der Waals surface area (Å²) in [6.45, 7) is 6.26. The van der Waals surface area contributed by atoms with Gasteiger partial charge in [0.15, 0.2) is 0 Å². The minimum absolute atomic E-state index is 0.00634. The van der Waals surface area contributed by atoms with Gasteiger partial charge < -0.3 is 9.64 Å². The maximum atomic E-state index is 12.1. The first kappa shape index (κ1) is 13.6. The van der Waals surface area contributed by atoms with E-state index in [1.807, 2.05) is 32.0 Å². The van der Waals surface area contributed by atoms with Crippen LogP contribution < -0.4 is 0 Å². The first-order chi connectivity index (χ1) is 8.06. The van der Waals surface area contributed by atoms with Gasteiger partial charge in [-0.1, -0.05) is 6.07 Å². The summed E-state index contributed by atoms with van der Waals surface area (Å²) < 4.78 is 5.07. The summed E-state index contributed by atoms with van der Waals surface area (Å²) in [6, 6.07) is 5.83. The third-order valence-corrected chi connectivity index (χ3v) is 2.67. The average molecular weight is 236 g/mol. The molecule has 0 bridgehead atoms. The van der Waals surface area contributed by atoms with Gasteiger partial charge in [0.05, 0.1) is 12.2 Å². The molecule has 0 aromatic carbocycles. The number of aromatic nitrogens is 1. The molecule has 0 N–H and O–H groups in total. The zero-order valence-electron chi connectivity index (χ0n) is 10.9. The second-order valence-electron chi connectivity index (χ2n) is 4.26. The van der Waals surface area contributed by atoms with Gasteiger partial charge in [-0.15, -0.1) is 0 Å². The maximum Gasteiger partial charge on any atom is 0.251 e. The molecule has 0 radical (unpaired) electrons. The number of carbonyl (C=O) groups is 1. The number of hydrogen-bond acceptors (Lipinski definition) is 3. The zero-order chi connectivity index (χ0) is 12.8. The number of ether oxygens (including phenoxy) is 1. The van der Waals surface area contributed by atoms with Crippen molar-refractivity contribution in [1.29, 1.82) is 0 Å². The van der Waals surface area contributed by atoms with Crippen molar-refractivity contribution < 1.29 is 9.53 Å². The van der Waals surface area contributed by atoms with E-state index in [2.05, 4.69) is 4.98 Å². The molecule has 1 atom stereocenters. The summed E-state index contributed by atoms with van der Waals surface area (Å²) in [5, 5.41) is 0. The molecule has 0 saturated carbocycles. The Morgan fingerprint density at radius 1 is 1.41 bits per heavy atom. The second kappa shape index (κ2) is 6.35. The normalized spacial score (nSPS) is 12.5. The standard InChI is InChI=1S/C13H20N2O2/c1-10(2)15(13(16)11(3)17-4)9-12-7-5-6-8-14-12/h5-8,10-11H,9H2,1-4H3. The summed E-state index contributed by atoms with van der Waals surface area (Å²) in [4.78, 5) is 18.1. The van der Waals surface area contributed by atoms with E-state index in [9.17, 15) is 4.79 Å². The zero-order valence-corrected chi connectivity index (χ0v) is 10.9. The van der Waals surface area contributed by atoms with Crippen molar-refractivity contribution in [1.82, 2.24) is 9.88 Å². The fraction of sp³-hybridized carbons (Fsp3) is 0.538. The topological polar surface area (TPSA) is 42.4 Å². The van der Waals surface area contributed by atoms with Gasteiger partial charge in [0.2, 0.25) is 0 Å². The Morgan fingerprint density at radius 3 is 2.59 bits per heavy atom. The van der Waals surface area contributed by atoms with Crippen LogP contribution in [-0.4, -0.2) is 35.0 Å². The molecule has 94 valence electrons. The third kappa shape index (κ3) is 3.82. The van der Waals surface area contributed by atoms with E-state index in [4.69, 9.17) is 4.74 Å². The SMILES string of the molecule is COC(C)C(=O)N(Cc1ccccn1)C(C)C. The lowest BCUT2D eigenvalue weighted by molar-refractivity contribution is -0.143. The van der Waals surface area contributed by atoms with Crippen LogP contribution >= 0.6 is 0 Å². The Morgan fingerprint density at radius 2 is 2.12 bits per heavy atom. The number of hydrogen-bond donors (Lipinski definition) is 0. The van der Waals surface area contributed by atoms with E-state index in [-0.39, 0.29) is 11.9 Å². The summed E-state index contributed by atoms with van der Waals surface area (Å²) in [6.07, 6.45) is 1.32. The number of rotatable bonds is 5. The van der Waals surface area contributed by atoms with Crippen molar-refractivity contribution >= 4 is 5.91 Å². The van der Waals surface area contributed by atoms with Crippen LogP contribution in [0.3, 0.4) is 0 Å². The van der Waals surface area contributed by atoms with E-state index >= 15 is 0 Å². The van der Waals surface area contributed by atoms with Crippen molar-refractivity contribution in [2.24, 2.45) is 0 Å². The van der Waals surface area contributed by atoms with Gasteiger partial charge >= 0.3 is 0 Å². The minimum Gasteiger partial charge on any atom is -0.372 e. The van der Waals surface area contributed by atoms with Crippen molar-refractivity contribution in [2.75, 3.05) is 7.11 Å². The van der Waals surface area contributed by atoms with Crippen LogP contribution in [0.1, 0.15) is 26.5 Å². The van der Waals surface area contributed by atoms with Gasteiger partial charge in [0.25, 0.3) is 5.91 Å². The summed E-state index contributed by atoms with van der Waals surface area (Å²) in [5.41, 5.74) is 0.887. The Kier molecular flexibility index (Phi) is 5.10. The maximum absolute atomic E-state index is 12.1. The predicted octanol–water partition coefficient (Wildman–Crippen LogP) is 1.85. The summed E-state index contributed by atoms with van der Waals surface area (Å²) in [7, 11) is 1.54. The number of amides is 1. The molecule has 0 aliphatic carbocycles. The summed E-state index contributed by atoms with van der Waals surface area (Å²) >= 11 is 0. The lowest BCUT2D eigenvalue weighted by atomic mass is 10.2. The second-order valence-corrected chi connectivity index (χ2v) is 4.26. The van der Waals surface area contributed by atoms with Crippen molar-refractivity contribution in [2.45, 2.75) is 39.5 Å². The number of methoxy groups -OCH3 is 1. The van der Waals surface area contributed by atoms with Crippen molar-refractivity contribution in [3.05, 3.63) is 30.1 Å². The molecule has 4 heteroatoms. The van der Waals surface area contributed by atoms with Crippen LogP contribution in [-0.2, 0) is 16.1 Å². The smallest absolute Gasteiger partial charge is 0.251 e. The quantitative estimate of drug-likeness (QED) is 0.783. The molecular weight excluding hydrogens is 216 g/mol. The van der Waals surface area contributed by atoms with E-state index in [1.54, 1.807) is 25.1 Å². The molecule has 1 heterocycles. The molecule has 0 saturated heterocycles. The Bertz CT molecular complexity index is 352. The van der Waals surface area contributed by atoms with Gasteiger partial charge in [0, 0.05) is 19.3 Å². The van der Waals surface area contributed by atoms with Crippen LogP contribution in [0.15, 0.2) is 24.4 Å². The van der Waals surface area contributed by atoms with Gasteiger partial charge in [-0.2, -0.15) is 0 Å². The first-order valence-corrected chi connectivity index (χ1v) is 5.79. The fourth-order valence-electron chi connectivity index (χ4n) is 1.52. The summed E-state index contributed by atoms with van der Waals surface area (Å²) in [5.74, 6) is -0.00634. The molecule has 1 rings (SSSR count).